The maximum Gasteiger partial charge on any atom is 0.246 e. The first-order chi connectivity index (χ1) is 13.5. The van der Waals surface area contributed by atoms with Crippen LogP contribution in [0.5, 0.6) is 0 Å². The molecule has 0 radical (unpaired) electrons. The van der Waals surface area contributed by atoms with Crippen molar-refractivity contribution in [1.29, 1.82) is 0 Å². The normalized spacial score (nSPS) is 16.0. The van der Waals surface area contributed by atoms with Gasteiger partial charge in [0.25, 0.3) is 0 Å². The van der Waals surface area contributed by atoms with Crippen LogP contribution in [0.4, 0.5) is 17.1 Å². The average Bonchev–Trinajstić information content (AvgIpc) is 2.79. The molecule has 0 saturated carbocycles. The van der Waals surface area contributed by atoms with Crippen LogP contribution in [0.2, 0.25) is 0 Å². The molecule has 0 aliphatic carbocycles. The van der Waals surface area contributed by atoms with E-state index < -0.39 is 5.91 Å². The van der Waals surface area contributed by atoms with Crippen molar-refractivity contribution in [2.24, 2.45) is 5.73 Å². The van der Waals surface area contributed by atoms with Gasteiger partial charge in [-0.1, -0.05) is 24.3 Å². The van der Waals surface area contributed by atoms with Gasteiger partial charge in [0.15, 0.2) is 0 Å². The largest absolute Gasteiger partial charge is 0.375 e. The highest BCUT2D eigenvalue weighted by molar-refractivity contribution is 8.00. The summed E-state index contributed by atoms with van der Waals surface area (Å²) in [6.07, 6.45) is 0.228. The van der Waals surface area contributed by atoms with Gasteiger partial charge >= 0.3 is 0 Å². The second-order valence-corrected chi connectivity index (χ2v) is 7.50. The van der Waals surface area contributed by atoms with E-state index in [1.54, 1.807) is 11.0 Å². The standard InChI is InChI=1S/C20H22N4O3S/c1-13-10-19(26)23-14-6-2-4-8-16(14)24(13)20(27)11-22-15-7-3-5-9-17(15)28-12-18(21)25/h2-9,13,22H,10-12H2,1H3,(H2,21,25)(H,23,26)/t13-/m1/s1. The second kappa shape index (κ2) is 8.79. The molecule has 7 nitrogen and oxygen atoms in total. The Hall–Kier alpha value is -3.00. The third kappa shape index (κ3) is 4.64. The third-order valence-electron chi connectivity index (χ3n) is 4.32. The zero-order valence-corrected chi connectivity index (χ0v) is 16.3. The molecular formula is C20H22N4O3S. The van der Waals surface area contributed by atoms with Crippen molar-refractivity contribution in [2.75, 3.05) is 27.8 Å². The molecule has 0 fully saturated rings. The summed E-state index contributed by atoms with van der Waals surface area (Å²) >= 11 is 1.32. The Kier molecular flexibility index (Phi) is 6.20. The van der Waals surface area contributed by atoms with E-state index in [2.05, 4.69) is 10.6 Å². The van der Waals surface area contributed by atoms with E-state index in [1.165, 1.54) is 11.8 Å². The fourth-order valence-electron chi connectivity index (χ4n) is 3.11. The predicted octanol–water partition coefficient (Wildman–Crippen LogP) is 2.44. The maximum atomic E-state index is 13.0. The zero-order valence-electron chi connectivity index (χ0n) is 15.5. The molecule has 1 atom stereocenters. The van der Waals surface area contributed by atoms with Crippen molar-refractivity contribution in [1.82, 2.24) is 0 Å². The van der Waals surface area contributed by atoms with Gasteiger partial charge < -0.3 is 21.3 Å². The van der Waals surface area contributed by atoms with Gasteiger partial charge in [-0.25, -0.2) is 0 Å². The van der Waals surface area contributed by atoms with Crippen LogP contribution in [0, 0.1) is 0 Å². The Labute approximate surface area is 167 Å². The lowest BCUT2D eigenvalue weighted by Gasteiger charge is -2.28. The van der Waals surface area contributed by atoms with Gasteiger partial charge in [-0.2, -0.15) is 0 Å². The minimum absolute atomic E-state index is 0.0566. The second-order valence-electron chi connectivity index (χ2n) is 6.49. The average molecular weight is 398 g/mol. The molecular weight excluding hydrogens is 376 g/mol. The van der Waals surface area contributed by atoms with Gasteiger partial charge in [0.05, 0.1) is 23.7 Å². The van der Waals surface area contributed by atoms with E-state index >= 15 is 0 Å². The number of nitrogens with one attached hydrogen (secondary N) is 2. The van der Waals surface area contributed by atoms with Crippen molar-refractivity contribution < 1.29 is 14.4 Å². The number of primary amides is 1. The molecule has 0 bridgehead atoms. The number of hydrogen-bond acceptors (Lipinski definition) is 5. The van der Waals surface area contributed by atoms with Crippen molar-refractivity contribution in [2.45, 2.75) is 24.3 Å². The highest BCUT2D eigenvalue weighted by Gasteiger charge is 2.29. The van der Waals surface area contributed by atoms with Gasteiger partial charge in [0.2, 0.25) is 17.7 Å². The molecule has 2 aromatic carbocycles. The van der Waals surface area contributed by atoms with E-state index in [4.69, 9.17) is 5.73 Å². The van der Waals surface area contributed by atoms with Crippen LogP contribution >= 0.6 is 11.8 Å². The SMILES string of the molecule is C[C@@H]1CC(=O)Nc2ccccc2N1C(=O)CNc1ccccc1SCC(N)=O. The number of para-hydroxylation sites is 3. The Bertz CT molecular complexity index is 903. The van der Waals surface area contributed by atoms with Crippen LogP contribution in [0.3, 0.4) is 0 Å². The maximum absolute atomic E-state index is 13.0. The zero-order chi connectivity index (χ0) is 20.1. The predicted molar refractivity (Wildman–Crippen MR) is 111 cm³/mol. The van der Waals surface area contributed by atoms with Crippen molar-refractivity contribution in [3.63, 3.8) is 0 Å². The first kappa shape index (κ1) is 19.8. The van der Waals surface area contributed by atoms with Gasteiger partial charge in [-0.3, -0.25) is 14.4 Å². The van der Waals surface area contributed by atoms with Crippen molar-refractivity contribution in [3.8, 4) is 0 Å². The molecule has 0 unspecified atom stereocenters. The molecule has 8 heteroatoms. The fourth-order valence-corrected chi connectivity index (χ4v) is 3.88. The van der Waals surface area contributed by atoms with Crippen LogP contribution in [-0.4, -0.2) is 36.1 Å². The first-order valence-corrected chi connectivity index (χ1v) is 9.89. The van der Waals surface area contributed by atoms with Gasteiger partial charge in [-0.15, -0.1) is 11.8 Å². The number of rotatable bonds is 6. The van der Waals surface area contributed by atoms with E-state index in [0.717, 1.165) is 10.6 Å². The molecule has 1 aliphatic heterocycles. The summed E-state index contributed by atoms with van der Waals surface area (Å²) in [4.78, 5) is 38.6. The van der Waals surface area contributed by atoms with E-state index in [-0.39, 0.29) is 36.6 Å². The molecule has 146 valence electrons. The molecule has 0 aromatic heterocycles. The Morgan fingerprint density at radius 3 is 2.71 bits per heavy atom. The first-order valence-electron chi connectivity index (χ1n) is 8.90. The van der Waals surface area contributed by atoms with Crippen LogP contribution < -0.4 is 21.3 Å². The molecule has 2 aromatic rings. The minimum atomic E-state index is -0.400. The number of benzene rings is 2. The molecule has 28 heavy (non-hydrogen) atoms. The summed E-state index contributed by atoms with van der Waals surface area (Å²) in [7, 11) is 0. The van der Waals surface area contributed by atoms with Crippen molar-refractivity contribution in [3.05, 3.63) is 48.5 Å². The third-order valence-corrected chi connectivity index (χ3v) is 5.41. The number of anilines is 3. The lowest BCUT2D eigenvalue weighted by molar-refractivity contribution is -0.118. The molecule has 0 saturated heterocycles. The summed E-state index contributed by atoms with van der Waals surface area (Å²) in [5.41, 5.74) is 7.29. The molecule has 0 spiro atoms. The molecule has 3 rings (SSSR count). The van der Waals surface area contributed by atoms with E-state index in [1.807, 2.05) is 49.4 Å². The van der Waals surface area contributed by atoms with E-state index in [9.17, 15) is 14.4 Å². The molecule has 1 aliphatic rings. The Morgan fingerprint density at radius 1 is 1.21 bits per heavy atom. The number of nitrogens with two attached hydrogens (primary N) is 1. The quantitative estimate of drug-likeness (QED) is 0.649. The smallest absolute Gasteiger partial charge is 0.246 e. The number of fused-ring (bicyclic) bond motifs is 1. The van der Waals surface area contributed by atoms with Crippen molar-refractivity contribution >= 4 is 46.5 Å². The van der Waals surface area contributed by atoms with E-state index in [0.29, 0.717) is 11.4 Å². The summed E-state index contributed by atoms with van der Waals surface area (Å²) in [6.45, 7) is 1.91. The Morgan fingerprint density at radius 2 is 1.93 bits per heavy atom. The summed E-state index contributed by atoms with van der Waals surface area (Å²) in [5.74, 6) is -0.498. The van der Waals surface area contributed by atoms with Gasteiger partial charge in [0.1, 0.15) is 0 Å². The van der Waals surface area contributed by atoms with Crippen LogP contribution in [0.25, 0.3) is 0 Å². The molecule has 3 amide bonds. The monoisotopic (exact) mass is 398 g/mol. The van der Waals surface area contributed by atoms with Crippen LogP contribution in [0.15, 0.2) is 53.4 Å². The highest BCUT2D eigenvalue weighted by atomic mass is 32.2. The molecule has 4 N–H and O–H groups in total. The van der Waals surface area contributed by atoms with Gasteiger partial charge in [0, 0.05) is 23.0 Å². The number of carbonyl (C=O) groups excluding carboxylic acids is 3. The minimum Gasteiger partial charge on any atom is -0.375 e. The van der Waals surface area contributed by atoms with Crippen LogP contribution in [0.1, 0.15) is 13.3 Å². The Balaban J connectivity index is 1.76. The number of thioether (sulfide) groups is 1. The number of hydrogen-bond donors (Lipinski definition) is 3. The molecule has 1 heterocycles. The summed E-state index contributed by atoms with van der Waals surface area (Å²) in [6, 6.07) is 14.4. The number of amides is 3. The topological polar surface area (TPSA) is 105 Å². The highest BCUT2D eigenvalue weighted by Crippen LogP contribution is 2.32. The number of nitrogens with zero attached hydrogens (tertiary/aromatic N) is 1. The summed E-state index contributed by atoms with van der Waals surface area (Å²) < 4.78 is 0. The number of carbonyl (C=O) groups is 3. The van der Waals surface area contributed by atoms with Gasteiger partial charge in [-0.05, 0) is 31.2 Å². The fraction of sp³-hybridized carbons (Fsp3) is 0.250. The lowest BCUT2D eigenvalue weighted by atomic mass is 10.1. The van der Waals surface area contributed by atoms with Crippen LogP contribution in [-0.2, 0) is 14.4 Å². The summed E-state index contributed by atoms with van der Waals surface area (Å²) in [5, 5.41) is 6.00. The lowest BCUT2D eigenvalue weighted by Crippen LogP contribution is -2.42.